The van der Waals surface area contributed by atoms with Gasteiger partial charge in [0.2, 0.25) is 5.91 Å². The van der Waals surface area contributed by atoms with Gasteiger partial charge in [0.05, 0.1) is 5.92 Å². The number of nitrogens with one attached hydrogen (secondary N) is 1. The second-order valence-electron chi connectivity index (χ2n) is 4.47. The van der Waals surface area contributed by atoms with Crippen LogP contribution in [0.1, 0.15) is 12.5 Å². The van der Waals surface area contributed by atoms with Crippen molar-refractivity contribution < 1.29 is 9.53 Å². The number of amides is 1. The van der Waals surface area contributed by atoms with Gasteiger partial charge in [-0.25, -0.2) is 0 Å². The van der Waals surface area contributed by atoms with E-state index in [1.165, 1.54) is 0 Å². The van der Waals surface area contributed by atoms with Crippen molar-refractivity contribution in [3.8, 4) is 5.75 Å². The highest BCUT2D eigenvalue weighted by atomic mass is 35.5. The summed E-state index contributed by atoms with van der Waals surface area (Å²) in [4.78, 5) is 11.9. The van der Waals surface area contributed by atoms with Gasteiger partial charge in [-0.05, 0) is 25.0 Å². The lowest BCUT2D eigenvalue weighted by Crippen LogP contribution is -2.44. The molecule has 0 aliphatic carbocycles. The maximum atomic E-state index is 11.9. The van der Waals surface area contributed by atoms with Crippen LogP contribution in [0.25, 0.3) is 0 Å². The van der Waals surface area contributed by atoms with Gasteiger partial charge in [-0.15, -0.1) is 12.4 Å². The van der Waals surface area contributed by atoms with Gasteiger partial charge in [0, 0.05) is 12.6 Å². The predicted octanol–water partition coefficient (Wildman–Crippen LogP) is 1.12. The molecule has 3 N–H and O–H groups in total. The minimum Gasteiger partial charge on any atom is -0.492 e. The molecule has 0 saturated heterocycles. The zero-order valence-corrected chi connectivity index (χ0v) is 11.2. The standard InChI is InChI=1S/C13H18N2O2.ClH/c1-9(7-14)15-13(16)11-6-10-4-2-3-5-12(10)17-8-11;/h2-5,9,11H,6-8,14H2,1H3,(H,15,16);1H/t9-,11?;/m1./s1. The Hall–Kier alpha value is -1.26. The average Bonchev–Trinajstić information content (AvgIpc) is 2.38. The molecule has 4 nitrogen and oxygen atoms in total. The average molecular weight is 271 g/mol. The maximum absolute atomic E-state index is 11.9. The summed E-state index contributed by atoms with van der Waals surface area (Å²) in [5, 5.41) is 2.89. The van der Waals surface area contributed by atoms with E-state index in [-0.39, 0.29) is 30.3 Å². The highest BCUT2D eigenvalue weighted by molar-refractivity contribution is 5.85. The molecule has 1 aliphatic rings. The Morgan fingerprint density at radius 2 is 2.28 bits per heavy atom. The molecule has 0 radical (unpaired) electrons. The Balaban J connectivity index is 0.00000162. The van der Waals surface area contributed by atoms with Crippen molar-refractivity contribution in [3.05, 3.63) is 29.8 Å². The van der Waals surface area contributed by atoms with Crippen LogP contribution in [0.15, 0.2) is 24.3 Å². The fourth-order valence-electron chi connectivity index (χ4n) is 1.92. The van der Waals surface area contributed by atoms with Crippen molar-refractivity contribution in [2.75, 3.05) is 13.2 Å². The van der Waals surface area contributed by atoms with E-state index in [2.05, 4.69) is 5.32 Å². The number of fused-ring (bicyclic) bond motifs is 1. The normalized spacial score (nSPS) is 18.9. The molecule has 0 fully saturated rings. The third-order valence-corrected chi connectivity index (χ3v) is 2.99. The minimum absolute atomic E-state index is 0. The van der Waals surface area contributed by atoms with Crippen molar-refractivity contribution in [2.45, 2.75) is 19.4 Å². The summed E-state index contributed by atoms with van der Waals surface area (Å²) < 4.78 is 5.58. The van der Waals surface area contributed by atoms with E-state index in [0.717, 1.165) is 17.7 Å². The number of rotatable bonds is 3. The van der Waals surface area contributed by atoms with Gasteiger partial charge in [-0.1, -0.05) is 18.2 Å². The molecule has 1 unspecified atom stereocenters. The van der Waals surface area contributed by atoms with Gasteiger partial charge in [0.25, 0.3) is 0 Å². The molecule has 1 aromatic carbocycles. The van der Waals surface area contributed by atoms with Crippen LogP contribution in [0, 0.1) is 5.92 Å². The maximum Gasteiger partial charge on any atom is 0.227 e. The molecule has 100 valence electrons. The van der Waals surface area contributed by atoms with Crippen molar-refractivity contribution in [2.24, 2.45) is 11.7 Å². The number of para-hydroxylation sites is 1. The number of nitrogens with two attached hydrogens (primary N) is 1. The molecule has 18 heavy (non-hydrogen) atoms. The van der Waals surface area contributed by atoms with Gasteiger partial charge in [0.1, 0.15) is 12.4 Å². The Kier molecular flexibility index (Phi) is 5.44. The highest BCUT2D eigenvalue weighted by Crippen LogP contribution is 2.26. The van der Waals surface area contributed by atoms with Gasteiger partial charge in [0.15, 0.2) is 0 Å². The van der Waals surface area contributed by atoms with E-state index >= 15 is 0 Å². The van der Waals surface area contributed by atoms with Crippen molar-refractivity contribution in [1.29, 1.82) is 0 Å². The van der Waals surface area contributed by atoms with E-state index in [1.807, 2.05) is 31.2 Å². The summed E-state index contributed by atoms with van der Waals surface area (Å²) in [6.07, 6.45) is 0.735. The van der Waals surface area contributed by atoms with E-state index in [4.69, 9.17) is 10.5 Å². The van der Waals surface area contributed by atoms with Gasteiger partial charge < -0.3 is 15.8 Å². The number of benzene rings is 1. The second-order valence-corrected chi connectivity index (χ2v) is 4.47. The Morgan fingerprint density at radius 3 is 3.00 bits per heavy atom. The van der Waals surface area contributed by atoms with Crippen LogP contribution in [0.3, 0.4) is 0 Å². The molecule has 1 aromatic rings. The molecule has 0 spiro atoms. The van der Waals surface area contributed by atoms with E-state index in [9.17, 15) is 4.79 Å². The van der Waals surface area contributed by atoms with E-state index < -0.39 is 0 Å². The van der Waals surface area contributed by atoms with Gasteiger partial charge >= 0.3 is 0 Å². The molecular formula is C13H19ClN2O2. The fraction of sp³-hybridized carbons (Fsp3) is 0.462. The molecule has 1 aliphatic heterocycles. The van der Waals surface area contributed by atoms with Crippen LogP contribution in [0.5, 0.6) is 5.75 Å². The van der Waals surface area contributed by atoms with Gasteiger partial charge in [-0.2, -0.15) is 0 Å². The van der Waals surface area contributed by atoms with Gasteiger partial charge in [-0.3, -0.25) is 4.79 Å². The lowest BCUT2D eigenvalue weighted by Gasteiger charge is -2.25. The number of carbonyl (C=O) groups excluding carboxylic acids is 1. The smallest absolute Gasteiger partial charge is 0.227 e. The minimum atomic E-state index is -0.112. The molecule has 2 rings (SSSR count). The molecular weight excluding hydrogens is 252 g/mol. The Bertz CT molecular complexity index is 412. The SMILES string of the molecule is C[C@H](CN)NC(=O)C1COc2ccccc2C1.Cl. The first kappa shape index (κ1) is 14.8. The third kappa shape index (κ3) is 3.37. The first-order valence-corrected chi connectivity index (χ1v) is 5.92. The summed E-state index contributed by atoms with van der Waals surface area (Å²) >= 11 is 0. The van der Waals surface area contributed by atoms with Crippen LogP contribution in [0.4, 0.5) is 0 Å². The third-order valence-electron chi connectivity index (χ3n) is 2.99. The molecule has 1 amide bonds. The van der Waals surface area contributed by atoms with Crippen LogP contribution in [0.2, 0.25) is 0 Å². The summed E-state index contributed by atoms with van der Waals surface area (Å²) in [6, 6.07) is 7.85. The highest BCUT2D eigenvalue weighted by Gasteiger charge is 2.26. The molecule has 1 heterocycles. The Morgan fingerprint density at radius 1 is 1.56 bits per heavy atom. The van der Waals surface area contributed by atoms with Crippen molar-refractivity contribution >= 4 is 18.3 Å². The van der Waals surface area contributed by atoms with Crippen LogP contribution >= 0.6 is 12.4 Å². The summed E-state index contributed by atoms with van der Waals surface area (Å²) in [5.41, 5.74) is 6.58. The summed E-state index contributed by atoms with van der Waals surface area (Å²) in [5.74, 6) is 0.805. The second kappa shape index (κ2) is 6.61. The summed E-state index contributed by atoms with van der Waals surface area (Å²) in [7, 11) is 0. The zero-order chi connectivity index (χ0) is 12.3. The van der Waals surface area contributed by atoms with E-state index in [0.29, 0.717) is 13.2 Å². The molecule has 5 heteroatoms. The van der Waals surface area contributed by atoms with Crippen LogP contribution < -0.4 is 15.8 Å². The molecule has 0 aromatic heterocycles. The number of hydrogen-bond donors (Lipinski definition) is 2. The Labute approximate surface area is 113 Å². The molecule has 0 saturated carbocycles. The number of halogens is 1. The lowest BCUT2D eigenvalue weighted by molar-refractivity contribution is -0.126. The first-order valence-electron chi connectivity index (χ1n) is 5.92. The van der Waals surface area contributed by atoms with Crippen LogP contribution in [-0.2, 0) is 11.2 Å². The number of carbonyl (C=O) groups is 1. The lowest BCUT2D eigenvalue weighted by atomic mass is 9.96. The van der Waals surface area contributed by atoms with Crippen LogP contribution in [-0.4, -0.2) is 25.1 Å². The zero-order valence-electron chi connectivity index (χ0n) is 10.4. The first-order chi connectivity index (χ1) is 8.20. The largest absolute Gasteiger partial charge is 0.492 e. The topological polar surface area (TPSA) is 64.3 Å². The quantitative estimate of drug-likeness (QED) is 0.865. The fourth-order valence-corrected chi connectivity index (χ4v) is 1.92. The molecule has 2 atom stereocenters. The number of ether oxygens (including phenoxy) is 1. The summed E-state index contributed by atoms with van der Waals surface area (Å²) in [6.45, 7) is 2.80. The van der Waals surface area contributed by atoms with E-state index in [1.54, 1.807) is 0 Å². The number of hydrogen-bond acceptors (Lipinski definition) is 3. The molecule has 0 bridgehead atoms. The van der Waals surface area contributed by atoms with Crippen molar-refractivity contribution in [3.63, 3.8) is 0 Å². The predicted molar refractivity (Wildman–Crippen MR) is 73.0 cm³/mol. The van der Waals surface area contributed by atoms with Crippen molar-refractivity contribution in [1.82, 2.24) is 5.32 Å². The monoisotopic (exact) mass is 270 g/mol.